The van der Waals surface area contributed by atoms with Gasteiger partial charge in [0.15, 0.2) is 14.6 Å². The fraction of sp³-hybridized carbons (Fsp3) is 0.304. The lowest BCUT2D eigenvalue weighted by Gasteiger charge is -2.07. The number of rotatable bonds is 8. The van der Waals surface area contributed by atoms with Gasteiger partial charge in [0.05, 0.1) is 45.2 Å². The van der Waals surface area contributed by atoms with Crippen LogP contribution in [0, 0.1) is 0 Å². The van der Waals surface area contributed by atoms with Crippen molar-refractivity contribution in [3.05, 3.63) is 58.4 Å². The van der Waals surface area contributed by atoms with Gasteiger partial charge in [-0.25, -0.2) is 13.2 Å². The van der Waals surface area contributed by atoms with Crippen LogP contribution < -0.4 is 4.80 Å². The van der Waals surface area contributed by atoms with Crippen LogP contribution in [0.25, 0.3) is 10.2 Å². The van der Waals surface area contributed by atoms with Crippen molar-refractivity contribution in [3.8, 4) is 0 Å². The number of fused-ring (bicyclic) bond motifs is 1. The quantitative estimate of drug-likeness (QED) is 0.432. The molecule has 0 unspecified atom stereocenters. The molecule has 0 saturated heterocycles. The van der Waals surface area contributed by atoms with Crippen molar-refractivity contribution in [2.75, 3.05) is 19.0 Å². The molecule has 180 valence electrons. The fourth-order valence-electron chi connectivity index (χ4n) is 3.21. The molecular formula is C23H24N2O7S2. The van der Waals surface area contributed by atoms with Crippen LogP contribution in [0.1, 0.15) is 41.5 Å². The van der Waals surface area contributed by atoms with Crippen molar-refractivity contribution >= 4 is 49.2 Å². The minimum Gasteiger partial charge on any atom is -0.465 e. The highest BCUT2D eigenvalue weighted by Gasteiger charge is 2.21. The number of carbonyl (C=O) groups is 3. The third-order valence-corrected chi connectivity index (χ3v) is 7.64. The van der Waals surface area contributed by atoms with Crippen molar-refractivity contribution in [2.24, 2.45) is 4.99 Å². The highest BCUT2D eigenvalue weighted by atomic mass is 32.2. The third-order valence-electron chi connectivity index (χ3n) is 4.82. The van der Waals surface area contributed by atoms with Gasteiger partial charge in [-0.15, -0.1) is 0 Å². The molecule has 0 bridgehead atoms. The number of sulfone groups is 1. The molecular weight excluding hydrogens is 480 g/mol. The molecule has 1 amide bonds. The van der Waals surface area contributed by atoms with E-state index in [1.807, 2.05) is 0 Å². The Bertz CT molecular complexity index is 1420. The van der Waals surface area contributed by atoms with Crippen LogP contribution in [0.3, 0.4) is 0 Å². The van der Waals surface area contributed by atoms with Crippen molar-refractivity contribution in [1.82, 2.24) is 4.57 Å². The van der Waals surface area contributed by atoms with Crippen molar-refractivity contribution in [3.63, 3.8) is 0 Å². The molecule has 1 aromatic heterocycles. The molecule has 9 nitrogen and oxygen atoms in total. The Kier molecular flexibility index (Phi) is 8.00. The summed E-state index contributed by atoms with van der Waals surface area (Å²) in [6, 6.07) is 10.6. The molecule has 0 N–H and O–H groups in total. The van der Waals surface area contributed by atoms with Crippen LogP contribution in [-0.2, 0) is 30.7 Å². The number of thiazole rings is 1. The predicted octanol–water partition coefficient (Wildman–Crippen LogP) is 2.98. The van der Waals surface area contributed by atoms with E-state index in [0.717, 1.165) is 11.3 Å². The van der Waals surface area contributed by atoms with Gasteiger partial charge in [-0.05, 0) is 44.2 Å². The summed E-state index contributed by atoms with van der Waals surface area (Å²) >= 11 is 1.09. The third kappa shape index (κ3) is 5.42. The first kappa shape index (κ1) is 25.3. The molecule has 1 heterocycles. The first-order chi connectivity index (χ1) is 16.2. The van der Waals surface area contributed by atoms with E-state index in [1.54, 1.807) is 38.1 Å². The van der Waals surface area contributed by atoms with E-state index in [1.165, 1.54) is 29.7 Å². The van der Waals surface area contributed by atoms with Crippen LogP contribution in [0.2, 0.25) is 0 Å². The molecule has 3 aromatic rings. The zero-order valence-electron chi connectivity index (χ0n) is 18.9. The molecule has 3 rings (SSSR count). The van der Waals surface area contributed by atoms with Crippen LogP contribution in [0.15, 0.2) is 52.4 Å². The second-order valence-corrected chi connectivity index (χ2v) is 10.3. The molecule has 2 aromatic carbocycles. The van der Waals surface area contributed by atoms with Gasteiger partial charge >= 0.3 is 11.9 Å². The van der Waals surface area contributed by atoms with E-state index in [9.17, 15) is 22.8 Å². The number of hydrogen-bond donors (Lipinski definition) is 0. The molecule has 0 spiro atoms. The van der Waals surface area contributed by atoms with Crippen molar-refractivity contribution in [2.45, 2.75) is 32.2 Å². The lowest BCUT2D eigenvalue weighted by Crippen LogP contribution is -2.23. The van der Waals surface area contributed by atoms with Crippen molar-refractivity contribution in [1.29, 1.82) is 0 Å². The van der Waals surface area contributed by atoms with E-state index < -0.39 is 27.7 Å². The number of ether oxygens (including phenoxy) is 2. The molecule has 34 heavy (non-hydrogen) atoms. The Labute approximate surface area is 200 Å². The van der Waals surface area contributed by atoms with Gasteiger partial charge in [0.2, 0.25) is 0 Å². The van der Waals surface area contributed by atoms with Gasteiger partial charge in [0, 0.05) is 0 Å². The molecule has 0 radical (unpaired) electrons. The molecule has 0 saturated carbocycles. The number of carbonyl (C=O) groups excluding carboxylic acids is 3. The predicted molar refractivity (Wildman–Crippen MR) is 126 cm³/mol. The summed E-state index contributed by atoms with van der Waals surface area (Å²) in [4.78, 5) is 41.6. The normalized spacial score (nSPS) is 12.0. The highest BCUT2D eigenvalue weighted by Crippen LogP contribution is 2.21. The van der Waals surface area contributed by atoms with E-state index in [0.29, 0.717) is 15.8 Å². The summed E-state index contributed by atoms with van der Waals surface area (Å²) < 4.78 is 37.1. The standard InChI is InChI=1S/C23H24N2O7S2/c1-4-31-20(26)14-25-17-12-11-15(22(28)32-5-2)13-18(17)33-23(25)24-21(27)16-9-7-8-10-19(16)34(29,30)6-3/h7-13H,4-6,14H2,1-3H3. The number of nitrogens with zero attached hydrogens (tertiary/aromatic N) is 2. The van der Waals surface area contributed by atoms with Crippen LogP contribution in [-0.4, -0.2) is 49.8 Å². The van der Waals surface area contributed by atoms with Gasteiger partial charge in [0.1, 0.15) is 6.54 Å². The highest BCUT2D eigenvalue weighted by molar-refractivity contribution is 7.91. The maximum Gasteiger partial charge on any atom is 0.338 e. The van der Waals surface area contributed by atoms with Gasteiger partial charge in [-0.3, -0.25) is 9.59 Å². The summed E-state index contributed by atoms with van der Waals surface area (Å²) in [6.45, 7) is 5.07. The van der Waals surface area contributed by atoms with Crippen LogP contribution in [0.5, 0.6) is 0 Å². The largest absolute Gasteiger partial charge is 0.465 e. The Hall–Kier alpha value is -3.31. The number of hydrogen-bond acceptors (Lipinski definition) is 8. The van der Waals surface area contributed by atoms with E-state index in [2.05, 4.69) is 4.99 Å². The maximum absolute atomic E-state index is 13.1. The number of esters is 2. The summed E-state index contributed by atoms with van der Waals surface area (Å²) in [5.74, 6) is -1.95. The zero-order valence-corrected chi connectivity index (χ0v) is 20.6. The van der Waals surface area contributed by atoms with Gasteiger partial charge < -0.3 is 14.0 Å². The summed E-state index contributed by atoms with van der Waals surface area (Å²) in [7, 11) is -3.66. The average molecular weight is 505 g/mol. The first-order valence-electron chi connectivity index (χ1n) is 10.6. The Balaban J connectivity index is 2.18. The summed E-state index contributed by atoms with van der Waals surface area (Å²) in [5, 5.41) is 0. The molecule has 11 heteroatoms. The Morgan fingerprint density at radius 3 is 2.38 bits per heavy atom. The number of amides is 1. The Morgan fingerprint density at radius 1 is 1.00 bits per heavy atom. The van der Waals surface area contributed by atoms with Crippen LogP contribution >= 0.6 is 11.3 Å². The molecule has 0 aliphatic heterocycles. The molecule has 0 atom stereocenters. The minimum absolute atomic E-state index is 0.0586. The summed E-state index contributed by atoms with van der Waals surface area (Å²) in [5.41, 5.74) is 0.819. The number of aromatic nitrogens is 1. The first-order valence-corrected chi connectivity index (χ1v) is 13.1. The fourth-order valence-corrected chi connectivity index (χ4v) is 5.36. The number of benzene rings is 2. The van der Waals surface area contributed by atoms with E-state index >= 15 is 0 Å². The average Bonchev–Trinajstić information content (AvgIpc) is 3.15. The van der Waals surface area contributed by atoms with Gasteiger partial charge in [-0.1, -0.05) is 30.4 Å². The van der Waals surface area contributed by atoms with E-state index in [-0.39, 0.29) is 40.8 Å². The maximum atomic E-state index is 13.1. The molecule has 0 aliphatic carbocycles. The molecule has 0 aliphatic rings. The van der Waals surface area contributed by atoms with Gasteiger partial charge in [-0.2, -0.15) is 4.99 Å². The monoisotopic (exact) mass is 504 g/mol. The smallest absolute Gasteiger partial charge is 0.338 e. The Morgan fingerprint density at radius 2 is 1.71 bits per heavy atom. The minimum atomic E-state index is -3.66. The van der Waals surface area contributed by atoms with Crippen LogP contribution in [0.4, 0.5) is 0 Å². The lowest BCUT2D eigenvalue weighted by molar-refractivity contribution is -0.143. The van der Waals surface area contributed by atoms with Gasteiger partial charge in [0.25, 0.3) is 5.91 Å². The second kappa shape index (κ2) is 10.7. The lowest BCUT2D eigenvalue weighted by atomic mass is 10.2. The second-order valence-electron chi connectivity index (χ2n) is 7.00. The zero-order chi connectivity index (χ0) is 24.9. The topological polar surface area (TPSA) is 121 Å². The summed E-state index contributed by atoms with van der Waals surface area (Å²) in [6.07, 6.45) is 0. The molecule has 0 fully saturated rings. The van der Waals surface area contributed by atoms with Crippen molar-refractivity contribution < 1.29 is 32.3 Å². The SMILES string of the molecule is CCOC(=O)Cn1c(=NC(=O)c2ccccc2S(=O)(=O)CC)sc2cc(C(=O)OCC)ccc21. The van der Waals surface area contributed by atoms with E-state index in [4.69, 9.17) is 9.47 Å².